The molecule has 1 amide bonds. The van der Waals surface area contributed by atoms with Crippen LogP contribution in [0.1, 0.15) is 258 Å². The molecule has 2 N–H and O–H groups in total. The van der Waals surface area contributed by atoms with Crippen LogP contribution in [0.4, 0.5) is 0 Å². The number of rotatable bonds is 54. The van der Waals surface area contributed by atoms with E-state index in [0.29, 0.717) is 17.4 Å². The number of likely N-dealkylation sites (N-methyl/N-ethyl adjacent to an activating group) is 1. The second-order valence-electron chi connectivity index (χ2n) is 21.5. The van der Waals surface area contributed by atoms with Crippen molar-refractivity contribution in [3.05, 3.63) is 85.1 Å². The Labute approximate surface area is 456 Å². The largest absolute Gasteiger partial charge is 0.472 e. The molecular formula is C64H116N2O7P+. The maximum absolute atomic E-state index is 13.5. The summed E-state index contributed by atoms with van der Waals surface area (Å²) in [5.74, 6) is -0.554. The molecule has 0 bridgehead atoms. The van der Waals surface area contributed by atoms with Gasteiger partial charge < -0.3 is 19.4 Å². The normalized spacial score (nSPS) is 14.3. The van der Waals surface area contributed by atoms with Gasteiger partial charge in [-0.15, -0.1) is 0 Å². The molecule has 0 radical (unpaired) electrons. The predicted octanol–water partition coefficient (Wildman–Crippen LogP) is 18.6. The third-order valence-electron chi connectivity index (χ3n) is 13.1. The van der Waals surface area contributed by atoms with Crippen LogP contribution >= 0.6 is 7.82 Å². The standard InChI is InChI=1S/C64H115N2O7P/c1-7-10-13-16-19-22-25-28-30-31-32-33-34-35-37-38-41-44-47-50-53-56-63(67)65-61(60-72-74(69,70)71-59-58-66(4,5)6)62(55-52-49-46-43-40-27-24-21-18-15-12-9-3)73-64(68)57-54-51-48-45-42-39-36-29-26-23-20-17-14-11-8-2/h10,13,19,22,28,30,32-33,35,37,41,44,52,55,61-62H,7-9,11-12,14-18,20-21,23-27,29,31,34,36,38-40,42-43,45-51,53-54,56-60H2,1-6H3,(H-,65,67,69,70)/p+1/b13-10-,22-19-,30-28-,33-32-,37-35-,44-41-,55-52-. The summed E-state index contributed by atoms with van der Waals surface area (Å²) < 4.78 is 30.6. The van der Waals surface area contributed by atoms with Gasteiger partial charge in [-0.3, -0.25) is 18.6 Å². The molecule has 0 rings (SSSR count). The first-order chi connectivity index (χ1) is 35.9. The molecule has 0 aliphatic heterocycles. The Hall–Kier alpha value is -2.81. The van der Waals surface area contributed by atoms with Crippen molar-refractivity contribution in [3.63, 3.8) is 0 Å². The summed E-state index contributed by atoms with van der Waals surface area (Å²) in [4.78, 5) is 37.6. The van der Waals surface area contributed by atoms with Crippen LogP contribution in [0, 0.1) is 0 Å². The van der Waals surface area contributed by atoms with Crippen LogP contribution in [0.5, 0.6) is 0 Å². The minimum absolute atomic E-state index is 0.0293. The highest BCUT2D eigenvalue weighted by atomic mass is 31.2. The molecule has 0 aromatic carbocycles. The van der Waals surface area contributed by atoms with Crippen molar-refractivity contribution in [3.8, 4) is 0 Å². The highest BCUT2D eigenvalue weighted by Gasteiger charge is 2.30. The van der Waals surface area contributed by atoms with E-state index in [1.54, 1.807) is 0 Å². The molecule has 0 fully saturated rings. The number of carbonyl (C=O) groups excluding carboxylic acids is 2. The lowest BCUT2D eigenvalue weighted by Gasteiger charge is -2.27. The third kappa shape index (κ3) is 54.0. The Morgan fingerprint density at radius 3 is 1.31 bits per heavy atom. The number of quaternary nitrogens is 1. The average molecular weight is 1060 g/mol. The number of phosphoric acid groups is 1. The number of phosphoric ester groups is 1. The maximum atomic E-state index is 13.5. The second kappa shape index (κ2) is 53.6. The number of hydrogen-bond acceptors (Lipinski definition) is 6. The molecule has 0 aromatic heterocycles. The first kappa shape index (κ1) is 71.2. The number of esters is 1. The summed E-state index contributed by atoms with van der Waals surface area (Å²) in [6.45, 7) is 6.87. The molecule has 0 saturated heterocycles. The Kier molecular flexibility index (Phi) is 51.5. The molecule has 0 heterocycles. The fourth-order valence-electron chi connectivity index (χ4n) is 8.41. The number of nitrogens with zero attached hydrogens (tertiary/aromatic N) is 1. The van der Waals surface area contributed by atoms with E-state index in [2.05, 4.69) is 99.0 Å². The first-order valence-corrected chi connectivity index (χ1v) is 31.9. The fourth-order valence-corrected chi connectivity index (χ4v) is 9.15. The van der Waals surface area contributed by atoms with E-state index < -0.39 is 20.0 Å². The van der Waals surface area contributed by atoms with E-state index in [9.17, 15) is 19.0 Å². The van der Waals surface area contributed by atoms with Crippen LogP contribution in [0.2, 0.25) is 0 Å². The lowest BCUT2D eigenvalue weighted by atomic mass is 10.0. The molecule has 3 unspecified atom stereocenters. The molecule has 0 spiro atoms. The zero-order chi connectivity index (χ0) is 54.3. The molecule has 0 saturated carbocycles. The van der Waals surface area contributed by atoms with Crippen molar-refractivity contribution in [1.82, 2.24) is 5.32 Å². The van der Waals surface area contributed by atoms with Gasteiger partial charge in [0.25, 0.3) is 0 Å². The van der Waals surface area contributed by atoms with Gasteiger partial charge in [-0.1, -0.05) is 247 Å². The summed E-state index contributed by atoms with van der Waals surface area (Å²) >= 11 is 0. The van der Waals surface area contributed by atoms with Crippen LogP contribution in [0.3, 0.4) is 0 Å². The van der Waals surface area contributed by atoms with Gasteiger partial charge in [-0.05, 0) is 83.1 Å². The van der Waals surface area contributed by atoms with E-state index in [0.717, 1.165) is 89.9 Å². The minimum atomic E-state index is -4.46. The highest BCUT2D eigenvalue weighted by molar-refractivity contribution is 7.47. The molecule has 0 aromatic rings. The van der Waals surface area contributed by atoms with Crippen LogP contribution in [-0.4, -0.2) is 74.3 Å². The molecule has 10 heteroatoms. The SMILES string of the molecule is CC/C=C\C/C=C\C/C=C\C/C=C\C/C=C\C/C=C\CCCCC(=O)NC(COP(=O)(O)OCC[N+](C)(C)C)C(/C=C\CCCCCCCCCCCC)OC(=O)CCCCCCCCCCCCCCCCC. The van der Waals surface area contributed by atoms with E-state index in [1.807, 2.05) is 33.3 Å². The topological polar surface area (TPSA) is 111 Å². The summed E-state index contributed by atoms with van der Waals surface area (Å²) in [5.41, 5.74) is 0. The molecule has 0 aliphatic rings. The molecule has 3 atom stereocenters. The molecular weight excluding hydrogens is 940 g/mol. The van der Waals surface area contributed by atoms with Gasteiger partial charge in [-0.25, -0.2) is 4.57 Å². The highest BCUT2D eigenvalue weighted by Crippen LogP contribution is 2.43. The van der Waals surface area contributed by atoms with Crippen molar-refractivity contribution >= 4 is 19.7 Å². The van der Waals surface area contributed by atoms with E-state index in [1.165, 1.54) is 128 Å². The zero-order valence-corrected chi connectivity index (χ0v) is 49.7. The number of amides is 1. The van der Waals surface area contributed by atoms with Gasteiger partial charge in [0.2, 0.25) is 5.91 Å². The Morgan fingerprint density at radius 1 is 0.486 bits per heavy atom. The number of carbonyl (C=O) groups is 2. The number of allylic oxidation sites excluding steroid dienone is 13. The maximum Gasteiger partial charge on any atom is 0.472 e. The number of nitrogens with one attached hydrogen (secondary N) is 1. The van der Waals surface area contributed by atoms with E-state index >= 15 is 0 Å². The predicted molar refractivity (Wildman–Crippen MR) is 318 cm³/mol. The van der Waals surface area contributed by atoms with E-state index in [4.69, 9.17) is 13.8 Å². The Balaban J connectivity index is 5.36. The van der Waals surface area contributed by atoms with Crippen molar-refractivity contribution < 1.29 is 37.3 Å². The monoisotopic (exact) mass is 1060 g/mol. The van der Waals surface area contributed by atoms with Gasteiger partial charge in [0.1, 0.15) is 19.3 Å². The van der Waals surface area contributed by atoms with Crippen LogP contribution < -0.4 is 5.32 Å². The van der Waals surface area contributed by atoms with Gasteiger partial charge in [0, 0.05) is 12.8 Å². The summed E-state index contributed by atoms with van der Waals surface area (Å²) in [6, 6.07) is -0.873. The van der Waals surface area contributed by atoms with Crippen molar-refractivity contribution in [2.24, 2.45) is 0 Å². The average Bonchev–Trinajstić information content (AvgIpc) is 3.36. The molecule has 74 heavy (non-hydrogen) atoms. The summed E-state index contributed by atoms with van der Waals surface area (Å²) in [6.07, 6.45) is 70.1. The van der Waals surface area contributed by atoms with Crippen molar-refractivity contribution in [2.45, 2.75) is 270 Å². The van der Waals surface area contributed by atoms with Crippen LogP contribution in [0.25, 0.3) is 0 Å². The number of hydrogen-bond donors (Lipinski definition) is 2. The van der Waals surface area contributed by atoms with Gasteiger partial charge >= 0.3 is 13.8 Å². The molecule has 428 valence electrons. The lowest BCUT2D eigenvalue weighted by Crippen LogP contribution is -2.47. The van der Waals surface area contributed by atoms with E-state index in [-0.39, 0.29) is 37.9 Å². The van der Waals surface area contributed by atoms with Crippen LogP contribution in [0.15, 0.2) is 85.1 Å². The third-order valence-corrected chi connectivity index (χ3v) is 14.1. The van der Waals surface area contributed by atoms with Crippen LogP contribution in [-0.2, 0) is 27.9 Å². The van der Waals surface area contributed by atoms with Gasteiger partial charge in [-0.2, -0.15) is 0 Å². The lowest BCUT2D eigenvalue weighted by molar-refractivity contribution is -0.870. The number of unbranched alkanes of at least 4 members (excludes halogenated alkanes) is 26. The minimum Gasteiger partial charge on any atom is -0.456 e. The quantitative estimate of drug-likeness (QED) is 0.0205. The van der Waals surface area contributed by atoms with Gasteiger partial charge in [0.05, 0.1) is 33.8 Å². The van der Waals surface area contributed by atoms with Crippen molar-refractivity contribution in [2.75, 3.05) is 40.9 Å². The summed E-state index contributed by atoms with van der Waals surface area (Å²) in [7, 11) is 1.46. The van der Waals surface area contributed by atoms with Gasteiger partial charge in [0.15, 0.2) is 0 Å². The smallest absolute Gasteiger partial charge is 0.456 e. The first-order valence-electron chi connectivity index (χ1n) is 30.4. The fraction of sp³-hybridized carbons (Fsp3) is 0.750. The second-order valence-corrected chi connectivity index (χ2v) is 23.0. The zero-order valence-electron chi connectivity index (χ0n) is 48.8. The molecule has 9 nitrogen and oxygen atoms in total. The summed E-state index contributed by atoms with van der Waals surface area (Å²) in [5, 5.41) is 3.03. The Bertz CT molecular complexity index is 1540. The Morgan fingerprint density at radius 2 is 0.865 bits per heavy atom. The molecule has 0 aliphatic carbocycles. The number of ether oxygens (including phenoxy) is 1. The van der Waals surface area contributed by atoms with Crippen molar-refractivity contribution in [1.29, 1.82) is 0 Å².